The zero-order valence-electron chi connectivity index (χ0n) is 15.4. The van der Waals surface area contributed by atoms with Crippen LogP contribution in [0, 0.1) is 5.41 Å². The monoisotopic (exact) mass is 368 g/mol. The number of anilines is 2. The first-order valence-corrected chi connectivity index (χ1v) is 9.80. The van der Waals surface area contributed by atoms with Crippen molar-refractivity contribution in [3.8, 4) is 0 Å². The average molecular weight is 369 g/mol. The molecule has 0 spiro atoms. The van der Waals surface area contributed by atoms with Gasteiger partial charge in [-0.05, 0) is 42.5 Å². The van der Waals surface area contributed by atoms with Gasteiger partial charge in [-0.1, -0.05) is 39.0 Å². The second-order valence-electron chi connectivity index (χ2n) is 7.41. The van der Waals surface area contributed by atoms with Gasteiger partial charge in [-0.25, -0.2) is 0 Å². The van der Waals surface area contributed by atoms with Crippen LogP contribution in [0.3, 0.4) is 0 Å². The van der Waals surface area contributed by atoms with Gasteiger partial charge in [0, 0.05) is 28.1 Å². The van der Waals surface area contributed by atoms with Gasteiger partial charge < -0.3 is 10.2 Å². The molecule has 4 nitrogen and oxygen atoms in total. The molecule has 0 aliphatic carbocycles. The van der Waals surface area contributed by atoms with Gasteiger partial charge in [-0.3, -0.25) is 9.59 Å². The standard InChI is InChI=1S/C21H24N2O2S/c1-21(2,3)20(25)22-16-9-6-8-15(14-16)19(24)23-12-7-13-26-18-11-5-4-10-17(18)23/h4-6,8-11,14H,7,12-13H2,1-3H3,(H,22,25). The molecule has 0 saturated heterocycles. The third-order valence-corrected chi connectivity index (χ3v) is 5.38. The smallest absolute Gasteiger partial charge is 0.258 e. The number of carbonyl (C=O) groups is 2. The highest BCUT2D eigenvalue weighted by atomic mass is 32.2. The molecular weight excluding hydrogens is 344 g/mol. The van der Waals surface area contributed by atoms with Crippen molar-refractivity contribution in [2.75, 3.05) is 22.5 Å². The van der Waals surface area contributed by atoms with E-state index in [0.717, 1.165) is 22.8 Å². The Morgan fingerprint density at radius 1 is 1.08 bits per heavy atom. The van der Waals surface area contributed by atoms with Crippen molar-refractivity contribution in [3.05, 3.63) is 54.1 Å². The van der Waals surface area contributed by atoms with Crippen molar-refractivity contribution in [3.63, 3.8) is 0 Å². The summed E-state index contributed by atoms with van der Waals surface area (Å²) < 4.78 is 0. The summed E-state index contributed by atoms with van der Waals surface area (Å²) in [4.78, 5) is 28.4. The van der Waals surface area contributed by atoms with Crippen LogP contribution in [0.5, 0.6) is 0 Å². The summed E-state index contributed by atoms with van der Waals surface area (Å²) >= 11 is 1.79. The van der Waals surface area contributed by atoms with Crippen molar-refractivity contribution in [2.45, 2.75) is 32.1 Å². The molecule has 0 saturated carbocycles. The van der Waals surface area contributed by atoms with Crippen LogP contribution in [-0.4, -0.2) is 24.1 Å². The Balaban J connectivity index is 1.87. The van der Waals surface area contributed by atoms with E-state index in [2.05, 4.69) is 11.4 Å². The minimum absolute atomic E-state index is 0.0354. The molecule has 0 aromatic heterocycles. The number of para-hydroxylation sites is 1. The molecule has 1 aliphatic rings. The van der Waals surface area contributed by atoms with Crippen LogP contribution < -0.4 is 10.2 Å². The van der Waals surface area contributed by atoms with Crippen LogP contribution in [0.4, 0.5) is 11.4 Å². The van der Waals surface area contributed by atoms with Gasteiger partial charge in [-0.15, -0.1) is 11.8 Å². The summed E-state index contributed by atoms with van der Waals surface area (Å²) in [6.45, 7) is 6.29. The average Bonchev–Trinajstić information content (AvgIpc) is 2.83. The molecule has 1 N–H and O–H groups in total. The Morgan fingerprint density at radius 3 is 2.62 bits per heavy atom. The predicted molar refractivity (Wildman–Crippen MR) is 108 cm³/mol. The Morgan fingerprint density at radius 2 is 1.85 bits per heavy atom. The first-order chi connectivity index (χ1) is 12.4. The zero-order chi connectivity index (χ0) is 18.7. The number of hydrogen-bond acceptors (Lipinski definition) is 3. The van der Waals surface area contributed by atoms with E-state index in [1.807, 2.05) is 56.0 Å². The molecule has 0 fully saturated rings. The Hall–Kier alpha value is -2.27. The molecule has 1 heterocycles. The first kappa shape index (κ1) is 18.5. The quantitative estimate of drug-likeness (QED) is 0.827. The number of nitrogens with one attached hydrogen (secondary N) is 1. The van der Waals surface area contributed by atoms with Gasteiger partial charge in [0.25, 0.3) is 5.91 Å². The molecule has 0 atom stereocenters. The van der Waals surface area contributed by atoms with Crippen molar-refractivity contribution in [2.24, 2.45) is 5.41 Å². The summed E-state index contributed by atoms with van der Waals surface area (Å²) in [7, 11) is 0. The molecule has 2 amide bonds. The van der Waals surface area contributed by atoms with Crippen molar-refractivity contribution < 1.29 is 9.59 Å². The van der Waals surface area contributed by atoms with Crippen LogP contribution in [0.25, 0.3) is 0 Å². The lowest BCUT2D eigenvalue weighted by atomic mass is 9.95. The van der Waals surface area contributed by atoms with Gasteiger partial charge in [-0.2, -0.15) is 0 Å². The maximum Gasteiger partial charge on any atom is 0.258 e. The lowest BCUT2D eigenvalue weighted by Crippen LogP contribution is -2.32. The maximum absolute atomic E-state index is 13.2. The number of benzene rings is 2. The maximum atomic E-state index is 13.2. The molecule has 5 heteroatoms. The van der Waals surface area contributed by atoms with E-state index in [0.29, 0.717) is 17.8 Å². The first-order valence-electron chi connectivity index (χ1n) is 8.81. The number of rotatable bonds is 2. The molecule has 2 aromatic rings. The van der Waals surface area contributed by atoms with E-state index in [1.165, 1.54) is 0 Å². The summed E-state index contributed by atoms with van der Waals surface area (Å²) in [6, 6.07) is 15.2. The highest BCUT2D eigenvalue weighted by Gasteiger charge is 2.24. The number of amides is 2. The summed E-state index contributed by atoms with van der Waals surface area (Å²) in [5.41, 5.74) is 1.71. The van der Waals surface area contributed by atoms with Crippen LogP contribution in [0.1, 0.15) is 37.6 Å². The highest BCUT2D eigenvalue weighted by Crippen LogP contribution is 2.34. The highest BCUT2D eigenvalue weighted by molar-refractivity contribution is 7.99. The molecular formula is C21H24N2O2S. The van der Waals surface area contributed by atoms with Crippen LogP contribution in [0.15, 0.2) is 53.4 Å². The molecule has 136 valence electrons. The van der Waals surface area contributed by atoms with E-state index in [9.17, 15) is 9.59 Å². The van der Waals surface area contributed by atoms with Crippen LogP contribution >= 0.6 is 11.8 Å². The lowest BCUT2D eigenvalue weighted by Gasteiger charge is -2.23. The number of thioether (sulfide) groups is 1. The topological polar surface area (TPSA) is 49.4 Å². The van der Waals surface area contributed by atoms with Crippen molar-refractivity contribution in [1.29, 1.82) is 0 Å². The number of fused-ring (bicyclic) bond motifs is 1. The fourth-order valence-electron chi connectivity index (χ4n) is 2.74. The fraction of sp³-hybridized carbons (Fsp3) is 0.333. The van der Waals surface area contributed by atoms with E-state index in [-0.39, 0.29) is 11.8 Å². The van der Waals surface area contributed by atoms with Gasteiger partial charge >= 0.3 is 0 Å². The van der Waals surface area contributed by atoms with Gasteiger partial charge in [0.15, 0.2) is 0 Å². The Labute approximate surface area is 159 Å². The molecule has 26 heavy (non-hydrogen) atoms. The number of nitrogens with zero attached hydrogens (tertiary/aromatic N) is 1. The van der Waals surface area contributed by atoms with Crippen molar-refractivity contribution >= 4 is 35.0 Å². The van der Waals surface area contributed by atoms with Crippen LogP contribution in [0.2, 0.25) is 0 Å². The summed E-state index contributed by atoms with van der Waals surface area (Å²) in [6.07, 6.45) is 0.950. The molecule has 1 aliphatic heterocycles. The molecule has 2 aromatic carbocycles. The molecule has 0 unspecified atom stereocenters. The third kappa shape index (κ3) is 4.10. The summed E-state index contributed by atoms with van der Waals surface area (Å²) in [5, 5.41) is 2.90. The Kier molecular flexibility index (Phi) is 5.37. The predicted octanol–water partition coefficient (Wildman–Crippen LogP) is 4.81. The minimum atomic E-state index is -0.485. The molecule has 0 radical (unpaired) electrons. The third-order valence-electron chi connectivity index (χ3n) is 4.23. The van der Waals surface area contributed by atoms with Crippen LogP contribution in [-0.2, 0) is 4.79 Å². The van der Waals surface area contributed by atoms with E-state index in [4.69, 9.17) is 0 Å². The van der Waals surface area contributed by atoms with Gasteiger partial charge in [0.1, 0.15) is 0 Å². The zero-order valence-corrected chi connectivity index (χ0v) is 16.2. The van der Waals surface area contributed by atoms with E-state index in [1.54, 1.807) is 23.9 Å². The van der Waals surface area contributed by atoms with Crippen molar-refractivity contribution in [1.82, 2.24) is 0 Å². The SMILES string of the molecule is CC(C)(C)C(=O)Nc1cccc(C(=O)N2CCCSc3ccccc32)c1. The normalized spacial score (nSPS) is 14.3. The van der Waals surface area contributed by atoms with E-state index >= 15 is 0 Å². The van der Waals surface area contributed by atoms with Gasteiger partial charge in [0.05, 0.1) is 5.69 Å². The number of hydrogen-bond donors (Lipinski definition) is 1. The Bertz CT molecular complexity index is 827. The minimum Gasteiger partial charge on any atom is -0.326 e. The van der Waals surface area contributed by atoms with E-state index < -0.39 is 5.41 Å². The second kappa shape index (κ2) is 7.54. The summed E-state index contributed by atoms with van der Waals surface area (Å²) in [5.74, 6) is 0.896. The van der Waals surface area contributed by atoms with Gasteiger partial charge in [0.2, 0.25) is 5.91 Å². The number of carbonyl (C=O) groups excluding carboxylic acids is 2. The lowest BCUT2D eigenvalue weighted by molar-refractivity contribution is -0.123. The fourth-order valence-corrected chi connectivity index (χ4v) is 3.74. The molecule has 3 rings (SSSR count). The second-order valence-corrected chi connectivity index (χ2v) is 8.55. The molecule has 0 bridgehead atoms. The largest absolute Gasteiger partial charge is 0.326 e.